The Morgan fingerprint density at radius 2 is 2.15 bits per heavy atom. The highest BCUT2D eigenvalue weighted by atomic mass is 35.5. The summed E-state index contributed by atoms with van der Waals surface area (Å²) in [5.74, 6) is 0.432. The Morgan fingerprint density at radius 3 is 2.90 bits per heavy atom. The second kappa shape index (κ2) is 6.57. The number of benzene rings is 1. The number of carbonyl (C=O) groups excluding carboxylic acids is 1. The van der Waals surface area contributed by atoms with Gasteiger partial charge in [0.15, 0.2) is 6.61 Å². The molecule has 0 amide bonds. The minimum atomic E-state index is -0.391. The first kappa shape index (κ1) is 14.6. The summed E-state index contributed by atoms with van der Waals surface area (Å²) in [5, 5.41) is 1.39. The third kappa shape index (κ3) is 3.61. The lowest BCUT2D eigenvalue weighted by atomic mass is 10.2. The van der Waals surface area contributed by atoms with Gasteiger partial charge in [0, 0.05) is 11.6 Å². The molecule has 20 heavy (non-hydrogen) atoms. The van der Waals surface area contributed by atoms with Gasteiger partial charge in [-0.15, -0.1) is 0 Å². The molecule has 0 unspecified atom stereocenters. The van der Waals surface area contributed by atoms with E-state index >= 15 is 0 Å². The molecule has 106 valence electrons. The minimum absolute atomic E-state index is 0.139. The molecule has 0 radical (unpaired) electrons. The van der Waals surface area contributed by atoms with Gasteiger partial charge in [-0.3, -0.25) is 4.98 Å². The molecule has 4 nitrogen and oxygen atoms in total. The maximum Gasteiger partial charge on any atom is 0.344 e. The Morgan fingerprint density at radius 1 is 1.35 bits per heavy atom. The normalized spacial score (nSPS) is 10.8. The Labute approximate surface area is 122 Å². The maximum absolute atomic E-state index is 11.5. The van der Waals surface area contributed by atoms with Gasteiger partial charge in [0.2, 0.25) is 0 Å². The molecule has 0 aliphatic heterocycles. The van der Waals surface area contributed by atoms with E-state index < -0.39 is 5.97 Å². The molecule has 1 aromatic heterocycles. The maximum atomic E-state index is 11.5. The number of hydrogen-bond acceptors (Lipinski definition) is 4. The summed E-state index contributed by atoms with van der Waals surface area (Å²) in [6.07, 6.45) is 1.66. The van der Waals surface area contributed by atoms with Crippen LogP contribution in [0.1, 0.15) is 13.8 Å². The van der Waals surface area contributed by atoms with E-state index in [4.69, 9.17) is 21.1 Å². The predicted octanol–water partition coefficient (Wildman–Crippen LogP) is 3.47. The fourth-order valence-electron chi connectivity index (χ4n) is 1.67. The Kier molecular flexibility index (Phi) is 4.79. The van der Waals surface area contributed by atoms with Gasteiger partial charge in [-0.25, -0.2) is 4.79 Å². The van der Waals surface area contributed by atoms with Crippen LogP contribution in [-0.2, 0) is 9.53 Å². The molecule has 0 aliphatic carbocycles. The number of pyridine rings is 1. The average molecular weight is 294 g/mol. The third-order valence-electron chi connectivity index (χ3n) is 2.60. The lowest BCUT2D eigenvalue weighted by molar-refractivity contribution is -0.147. The first-order chi connectivity index (χ1) is 9.58. The lowest BCUT2D eigenvalue weighted by Gasteiger charge is -2.10. The highest BCUT2D eigenvalue weighted by molar-refractivity contribution is 6.35. The van der Waals surface area contributed by atoms with Crippen molar-refractivity contribution in [3.8, 4) is 5.75 Å². The number of halogens is 1. The summed E-state index contributed by atoms with van der Waals surface area (Å²) in [6.45, 7) is 4.21. The highest BCUT2D eigenvalue weighted by Gasteiger charge is 2.10. The molecule has 0 N–H and O–H groups in total. The van der Waals surface area contributed by atoms with Crippen LogP contribution in [0.25, 0.3) is 10.9 Å². The number of fused-ring (bicyclic) bond motifs is 1. The minimum Gasteiger partial charge on any atom is -0.480 e. The van der Waals surface area contributed by atoms with Crippen molar-refractivity contribution < 1.29 is 14.3 Å². The second-order valence-electron chi connectivity index (χ2n) is 4.81. The van der Waals surface area contributed by atoms with Crippen LogP contribution in [0.3, 0.4) is 0 Å². The molecule has 0 fully saturated rings. The van der Waals surface area contributed by atoms with Gasteiger partial charge >= 0.3 is 5.97 Å². The smallest absolute Gasteiger partial charge is 0.344 e. The van der Waals surface area contributed by atoms with Crippen molar-refractivity contribution in [1.82, 2.24) is 4.98 Å². The standard InChI is InChI=1S/C15H16ClNO3/c1-10(2)8-20-14(18)9-19-13-6-5-12(16)11-4-3-7-17-15(11)13/h3-7,10H,8-9H2,1-2H3. The fraction of sp³-hybridized carbons (Fsp3) is 0.333. The van der Waals surface area contributed by atoms with Crippen LogP contribution in [0.5, 0.6) is 5.75 Å². The summed E-state index contributed by atoms with van der Waals surface area (Å²) in [7, 11) is 0. The van der Waals surface area contributed by atoms with Crippen LogP contribution in [0, 0.1) is 5.92 Å². The Balaban J connectivity index is 2.07. The van der Waals surface area contributed by atoms with Crippen molar-refractivity contribution in [2.45, 2.75) is 13.8 Å². The number of nitrogens with zero attached hydrogens (tertiary/aromatic N) is 1. The van der Waals surface area contributed by atoms with Gasteiger partial charge in [0.05, 0.1) is 11.6 Å². The zero-order chi connectivity index (χ0) is 14.5. The molecule has 0 saturated heterocycles. The average Bonchev–Trinajstić information content (AvgIpc) is 2.45. The molecule has 0 bridgehead atoms. The van der Waals surface area contributed by atoms with Gasteiger partial charge in [-0.05, 0) is 30.2 Å². The molecular weight excluding hydrogens is 278 g/mol. The molecule has 0 aliphatic rings. The second-order valence-corrected chi connectivity index (χ2v) is 5.22. The zero-order valence-electron chi connectivity index (χ0n) is 11.4. The number of aromatic nitrogens is 1. The number of hydrogen-bond donors (Lipinski definition) is 0. The molecule has 0 saturated carbocycles. The van der Waals surface area contributed by atoms with Gasteiger partial charge in [0.25, 0.3) is 0 Å². The fourth-order valence-corrected chi connectivity index (χ4v) is 1.88. The van der Waals surface area contributed by atoms with Crippen LogP contribution in [0.15, 0.2) is 30.5 Å². The molecule has 2 rings (SSSR count). The predicted molar refractivity (Wildman–Crippen MR) is 78.0 cm³/mol. The Hall–Kier alpha value is -1.81. The van der Waals surface area contributed by atoms with E-state index in [2.05, 4.69) is 4.98 Å². The monoisotopic (exact) mass is 293 g/mol. The van der Waals surface area contributed by atoms with Gasteiger partial charge in [0.1, 0.15) is 11.3 Å². The van der Waals surface area contributed by atoms with Crippen LogP contribution < -0.4 is 4.74 Å². The summed E-state index contributed by atoms with van der Waals surface area (Å²) >= 11 is 6.09. The van der Waals surface area contributed by atoms with E-state index in [-0.39, 0.29) is 6.61 Å². The summed E-state index contributed by atoms with van der Waals surface area (Å²) in [4.78, 5) is 15.8. The van der Waals surface area contributed by atoms with E-state index in [1.54, 1.807) is 24.4 Å². The summed E-state index contributed by atoms with van der Waals surface area (Å²) < 4.78 is 10.5. The van der Waals surface area contributed by atoms with Gasteiger partial charge in [-0.1, -0.05) is 25.4 Å². The van der Waals surface area contributed by atoms with Crippen LogP contribution in [-0.4, -0.2) is 24.2 Å². The van der Waals surface area contributed by atoms with Crippen LogP contribution >= 0.6 is 11.6 Å². The number of ether oxygens (including phenoxy) is 2. The quantitative estimate of drug-likeness (QED) is 0.792. The highest BCUT2D eigenvalue weighted by Crippen LogP contribution is 2.29. The zero-order valence-corrected chi connectivity index (χ0v) is 12.2. The van der Waals surface area contributed by atoms with Crippen molar-refractivity contribution in [1.29, 1.82) is 0 Å². The van der Waals surface area contributed by atoms with Crippen molar-refractivity contribution in [2.75, 3.05) is 13.2 Å². The first-order valence-electron chi connectivity index (χ1n) is 6.39. The molecule has 1 aromatic carbocycles. The van der Waals surface area contributed by atoms with E-state index in [9.17, 15) is 4.79 Å². The van der Waals surface area contributed by atoms with Crippen molar-refractivity contribution in [3.05, 3.63) is 35.5 Å². The van der Waals surface area contributed by atoms with Crippen molar-refractivity contribution in [3.63, 3.8) is 0 Å². The van der Waals surface area contributed by atoms with E-state index in [1.807, 2.05) is 19.9 Å². The van der Waals surface area contributed by atoms with Gasteiger partial charge in [-0.2, -0.15) is 0 Å². The molecule has 5 heteroatoms. The molecular formula is C15H16ClNO3. The third-order valence-corrected chi connectivity index (χ3v) is 2.93. The SMILES string of the molecule is CC(C)COC(=O)COc1ccc(Cl)c2cccnc12. The lowest BCUT2D eigenvalue weighted by Crippen LogP contribution is -2.17. The van der Waals surface area contributed by atoms with Crippen LogP contribution in [0.4, 0.5) is 0 Å². The van der Waals surface area contributed by atoms with E-state index in [0.717, 1.165) is 5.39 Å². The number of esters is 1. The first-order valence-corrected chi connectivity index (χ1v) is 6.77. The molecule has 0 atom stereocenters. The topological polar surface area (TPSA) is 48.4 Å². The number of rotatable bonds is 5. The summed E-state index contributed by atoms with van der Waals surface area (Å²) in [6, 6.07) is 7.08. The largest absolute Gasteiger partial charge is 0.480 e. The van der Waals surface area contributed by atoms with Crippen molar-refractivity contribution in [2.24, 2.45) is 5.92 Å². The van der Waals surface area contributed by atoms with Crippen molar-refractivity contribution >= 4 is 28.5 Å². The molecule has 0 spiro atoms. The van der Waals surface area contributed by atoms with E-state index in [0.29, 0.717) is 28.8 Å². The van der Waals surface area contributed by atoms with E-state index in [1.165, 1.54) is 0 Å². The van der Waals surface area contributed by atoms with Gasteiger partial charge < -0.3 is 9.47 Å². The summed E-state index contributed by atoms with van der Waals surface area (Å²) in [5.41, 5.74) is 0.636. The molecule has 2 aromatic rings. The Bertz CT molecular complexity index is 613. The number of carbonyl (C=O) groups is 1. The molecule has 1 heterocycles. The van der Waals surface area contributed by atoms with Crippen LogP contribution in [0.2, 0.25) is 5.02 Å².